The molecule has 0 nitrogen and oxygen atoms in total. The number of hydrogen-bond donors (Lipinski definition) is 0. The maximum Gasteiger partial charge on any atom is 0.248 e. The minimum atomic E-state index is -2.47. The lowest BCUT2D eigenvalue weighted by molar-refractivity contribution is -0.0381. The standard InChI is InChI=1S/C23H32.C23H34.C22H32.C21H26F2.C21H28.C20H26/c1-16-18-9-7-8-10-19(18)20(15-21(16)22(2,3)4)17-11-13-23(5,6)14-12-17;1-8-23(7,9-2)15-14-18-16-21(22(4,5)6)17(3)19-12-10-11-13-20(18)19;1-8-22(9-2,10-3)20-15-19(21(5,6)7)16(4)17-13-11-12-14-18(17)20;1-14-16-7-5-6-8-17(16)18(13-19(14)20(2,3)4)15-9-11-21(22,23)12-10-15;1-15-17-12-8-9-13-18(17)19(14-20(15)21(2,3)4)16-10-6-5-7-11-16;1-14-16-11-7-8-12-17(16)18(15-9-5-6-10-15)13-19(14)20(2,3)4/h7-10,15,17H,11-14H2,1-6H3;10-13,16H,8-9,14-15H2,1-7H3;11-15H,8-10H2,1-7H3;5-8,13,15H,9-12H2,1-4H3;8-9,12-14,16H,5-7,10-11H2,1-4H3;7-8,11-13,15H,5-6,9-10H2,1-4H3. The second-order valence-electron chi connectivity index (χ2n) is 48.9. The van der Waals surface area contributed by atoms with Crippen LogP contribution in [0.25, 0.3) is 64.6 Å². The van der Waals surface area contributed by atoms with E-state index in [0.717, 1.165) is 17.8 Å². The van der Waals surface area contributed by atoms with E-state index in [1.165, 1.54) is 271 Å². The summed E-state index contributed by atoms with van der Waals surface area (Å²) in [7, 11) is 0. The monoisotopic (exact) mass is 1780 g/mol. The minimum Gasteiger partial charge on any atom is -0.207 e. The van der Waals surface area contributed by atoms with E-state index >= 15 is 0 Å². The molecule has 0 saturated heterocycles. The summed E-state index contributed by atoms with van der Waals surface area (Å²) in [4.78, 5) is 0. The highest BCUT2D eigenvalue weighted by Gasteiger charge is 2.39. The van der Waals surface area contributed by atoms with Crippen LogP contribution < -0.4 is 0 Å². The van der Waals surface area contributed by atoms with Gasteiger partial charge in [-0.1, -0.05) is 407 Å². The van der Waals surface area contributed by atoms with Crippen molar-refractivity contribution in [3.63, 3.8) is 0 Å². The Bertz CT molecular complexity index is 5740. The smallest absolute Gasteiger partial charge is 0.207 e. The fraction of sp³-hybridized carbons (Fsp3) is 0.538. The van der Waals surface area contributed by atoms with E-state index in [1.54, 1.807) is 22.3 Å². The molecule has 0 atom stereocenters. The molecule has 4 fully saturated rings. The fourth-order valence-corrected chi connectivity index (χ4v) is 24.1. The van der Waals surface area contributed by atoms with Gasteiger partial charge in [0.2, 0.25) is 5.92 Å². The topological polar surface area (TPSA) is 0 Å². The third-order valence-corrected chi connectivity index (χ3v) is 33.0. The molecular formula is C130H178F2. The van der Waals surface area contributed by atoms with Crippen LogP contribution >= 0.6 is 0 Å². The molecule has 0 bridgehead atoms. The summed E-state index contributed by atoms with van der Waals surface area (Å²) in [6.45, 7) is 74.4. The van der Waals surface area contributed by atoms with E-state index in [9.17, 15) is 8.78 Å². The van der Waals surface area contributed by atoms with Gasteiger partial charge < -0.3 is 0 Å². The molecule has 132 heavy (non-hydrogen) atoms. The summed E-state index contributed by atoms with van der Waals surface area (Å²) < 4.78 is 27.1. The molecule has 0 spiro atoms. The Balaban J connectivity index is 0.000000153. The first-order valence-electron chi connectivity index (χ1n) is 52.4. The number of fused-ring (bicyclic) bond motifs is 6. The first-order chi connectivity index (χ1) is 61.9. The fourth-order valence-electron chi connectivity index (χ4n) is 24.1. The molecule has 16 rings (SSSR count). The van der Waals surface area contributed by atoms with Crippen molar-refractivity contribution in [1.82, 2.24) is 0 Å². The molecule has 0 amide bonds. The van der Waals surface area contributed by atoms with Crippen LogP contribution in [0.5, 0.6) is 0 Å². The second kappa shape index (κ2) is 42.4. The number of benzene rings is 12. The molecule has 4 aliphatic rings. The van der Waals surface area contributed by atoms with Gasteiger partial charge in [0.1, 0.15) is 0 Å². The Kier molecular flexibility index (Phi) is 33.5. The average Bonchev–Trinajstić information content (AvgIpc) is 0.784. The van der Waals surface area contributed by atoms with E-state index in [-0.39, 0.29) is 51.2 Å². The summed E-state index contributed by atoms with van der Waals surface area (Å²) in [5, 5.41) is 17.1. The predicted molar refractivity (Wildman–Crippen MR) is 582 cm³/mol. The number of aryl methyl sites for hydroxylation is 7. The van der Waals surface area contributed by atoms with Gasteiger partial charge in [-0.05, 0) is 375 Å². The van der Waals surface area contributed by atoms with E-state index in [2.05, 4.69) is 404 Å². The first-order valence-corrected chi connectivity index (χ1v) is 52.4. The molecule has 0 unspecified atom stereocenters. The van der Waals surface area contributed by atoms with Crippen molar-refractivity contribution in [1.29, 1.82) is 0 Å². The predicted octanol–water partition coefficient (Wildman–Crippen LogP) is 40.6. The Hall–Kier alpha value is -7.94. The molecule has 2 heteroatoms. The number of halogens is 2. The van der Waals surface area contributed by atoms with Gasteiger partial charge >= 0.3 is 0 Å². The minimum absolute atomic E-state index is 0.0186. The molecule has 12 aromatic carbocycles. The molecular weight excluding hydrogens is 1600 g/mol. The van der Waals surface area contributed by atoms with Crippen molar-refractivity contribution in [2.45, 2.75) is 443 Å². The van der Waals surface area contributed by atoms with Crippen molar-refractivity contribution >= 4 is 64.6 Å². The number of alkyl halides is 2. The van der Waals surface area contributed by atoms with Gasteiger partial charge in [0.25, 0.3) is 0 Å². The molecule has 4 aliphatic carbocycles. The van der Waals surface area contributed by atoms with Gasteiger partial charge in [0, 0.05) is 12.8 Å². The SMILES string of the molecule is CCC(C)(CC)CCc1cc(C(C)(C)C)c(C)c2ccccc12.CCC(CC)(CC)c1cc(C(C)(C)C)c(C)c2ccccc12.Cc1c(C(C)(C)C)cc(C2CCC(C)(C)CC2)c2ccccc12.Cc1c(C(C)(C)C)cc(C2CCC(F)(F)CC2)c2ccccc12.Cc1c(C(C)(C)C)cc(C2CCCC2)c2ccccc12.Cc1c(C(C)(C)C)cc(C2CCCCC2)c2ccccc12. The molecule has 0 radical (unpaired) electrons. The summed E-state index contributed by atoms with van der Waals surface area (Å²) in [6, 6.07) is 68.4. The Morgan fingerprint density at radius 3 is 0.765 bits per heavy atom. The number of rotatable bonds is 13. The molecule has 0 N–H and O–H groups in total. The maximum absolute atomic E-state index is 13.5. The van der Waals surface area contributed by atoms with Crippen molar-refractivity contribution in [2.24, 2.45) is 10.8 Å². The van der Waals surface area contributed by atoms with E-state index < -0.39 is 5.92 Å². The van der Waals surface area contributed by atoms with Gasteiger partial charge in [-0.3, -0.25) is 0 Å². The van der Waals surface area contributed by atoms with Crippen molar-refractivity contribution in [3.8, 4) is 0 Å². The molecule has 12 aromatic rings. The highest BCUT2D eigenvalue weighted by Crippen LogP contribution is 2.51. The highest BCUT2D eigenvalue weighted by atomic mass is 19.3. The Labute approximate surface area is 804 Å². The Morgan fingerprint density at radius 2 is 0.485 bits per heavy atom. The van der Waals surface area contributed by atoms with Gasteiger partial charge in [-0.25, -0.2) is 8.78 Å². The first kappa shape index (κ1) is 105. The van der Waals surface area contributed by atoms with Gasteiger partial charge in [0.05, 0.1) is 0 Å². The lowest BCUT2D eigenvalue weighted by Crippen LogP contribution is -2.25. The van der Waals surface area contributed by atoms with Crippen LogP contribution in [-0.4, -0.2) is 5.92 Å². The average molecular weight is 1780 g/mol. The van der Waals surface area contributed by atoms with Crippen molar-refractivity contribution < 1.29 is 8.78 Å². The zero-order valence-electron chi connectivity index (χ0n) is 89.4. The normalized spacial score (nSPS) is 16.4. The molecule has 712 valence electrons. The lowest BCUT2D eigenvalue weighted by atomic mass is 9.69. The zero-order valence-corrected chi connectivity index (χ0v) is 89.4. The van der Waals surface area contributed by atoms with Crippen LogP contribution in [0.2, 0.25) is 0 Å². The maximum atomic E-state index is 13.5. The molecule has 0 heterocycles. The summed E-state index contributed by atoms with van der Waals surface area (Å²) in [6.07, 6.45) is 27.7. The van der Waals surface area contributed by atoms with E-state index in [0.29, 0.717) is 29.1 Å². The van der Waals surface area contributed by atoms with Crippen LogP contribution in [0.15, 0.2) is 182 Å². The van der Waals surface area contributed by atoms with Crippen LogP contribution in [0.1, 0.15) is 452 Å². The summed E-state index contributed by atoms with van der Waals surface area (Å²) >= 11 is 0. The zero-order chi connectivity index (χ0) is 96.8. The van der Waals surface area contributed by atoms with Crippen molar-refractivity contribution in [3.05, 3.63) is 282 Å². The van der Waals surface area contributed by atoms with Gasteiger partial charge in [-0.15, -0.1) is 0 Å². The van der Waals surface area contributed by atoms with Crippen LogP contribution in [0.3, 0.4) is 0 Å². The van der Waals surface area contributed by atoms with Crippen LogP contribution in [-0.2, 0) is 44.3 Å². The Morgan fingerprint density at radius 1 is 0.258 bits per heavy atom. The van der Waals surface area contributed by atoms with Crippen molar-refractivity contribution in [2.75, 3.05) is 0 Å². The highest BCUT2D eigenvalue weighted by molar-refractivity contribution is 5.95. The summed E-state index contributed by atoms with van der Waals surface area (Å²) in [5.74, 6) is 0.0620. The van der Waals surface area contributed by atoms with Crippen LogP contribution in [0.4, 0.5) is 8.78 Å². The molecule has 4 saturated carbocycles. The van der Waals surface area contributed by atoms with Gasteiger partial charge in [0.15, 0.2) is 0 Å². The third kappa shape index (κ3) is 24.2. The molecule has 0 aromatic heterocycles. The molecule has 0 aliphatic heterocycles. The lowest BCUT2D eigenvalue weighted by Gasteiger charge is -2.36. The van der Waals surface area contributed by atoms with E-state index in [4.69, 9.17) is 0 Å². The van der Waals surface area contributed by atoms with E-state index in [1.807, 2.05) is 0 Å². The summed E-state index contributed by atoms with van der Waals surface area (Å²) in [5.41, 5.74) is 29.1. The second-order valence-corrected chi connectivity index (χ2v) is 48.9. The number of hydrogen-bond acceptors (Lipinski definition) is 0. The quantitative estimate of drug-likeness (QED) is 0.108. The largest absolute Gasteiger partial charge is 0.248 e. The third-order valence-electron chi connectivity index (χ3n) is 33.0. The van der Waals surface area contributed by atoms with Gasteiger partial charge in [-0.2, -0.15) is 0 Å². The van der Waals surface area contributed by atoms with Crippen LogP contribution in [0, 0.1) is 52.4 Å².